The minimum atomic E-state index is -0.278. The first-order valence-corrected chi connectivity index (χ1v) is 11.0. The maximum atomic E-state index is 12.3. The lowest BCUT2D eigenvalue weighted by atomic mass is 10.1. The molecular weight excluding hydrogens is 416 g/mol. The van der Waals surface area contributed by atoms with E-state index in [1.165, 1.54) is 0 Å². The van der Waals surface area contributed by atoms with Crippen LogP contribution in [0.4, 0.5) is 5.69 Å². The van der Waals surface area contributed by atoms with Gasteiger partial charge in [-0.2, -0.15) is 0 Å². The molecule has 0 unspecified atom stereocenters. The molecule has 0 heterocycles. The van der Waals surface area contributed by atoms with E-state index in [-0.39, 0.29) is 18.4 Å². The lowest BCUT2D eigenvalue weighted by molar-refractivity contribution is -0.118. The molecule has 0 saturated carbocycles. The van der Waals surface area contributed by atoms with E-state index in [1.807, 2.05) is 63.2 Å². The number of hydrogen-bond acceptors (Lipinski definition) is 4. The molecule has 3 rings (SSSR count). The molecule has 6 heteroatoms. The zero-order chi connectivity index (χ0) is 23.6. The molecule has 0 aliphatic rings. The fraction of sp³-hybridized carbons (Fsp3) is 0.259. The Morgan fingerprint density at radius 1 is 0.879 bits per heavy atom. The van der Waals surface area contributed by atoms with Gasteiger partial charge in [-0.05, 0) is 66.4 Å². The van der Waals surface area contributed by atoms with Crippen LogP contribution in [0, 0.1) is 12.8 Å². The topological polar surface area (TPSA) is 76.7 Å². The fourth-order valence-corrected chi connectivity index (χ4v) is 3.05. The number of aryl methyl sites for hydroxylation is 1. The summed E-state index contributed by atoms with van der Waals surface area (Å²) in [7, 11) is 0. The molecule has 0 aliphatic carbocycles. The zero-order valence-corrected chi connectivity index (χ0v) is 19.3. The van der Waals surface area contributed by atoms with Gasteiger partial charge in [-0.25, -0.2) is 0 Å². The molecule has 0 aliphatic heterocycles. The van der Waals surface area contributed by atoms with E-state index < -0.39 is 0 Å². The Labute approximate surface area is 194 Å². The Morgan fingerprint density at radius 2 is 1.55 bits per heavy atom. The van der Waals surface area contributed by atoms with Gasteiger partial charge in [0.25, 0.3) is 11.8 Å². The lowest BCUT2D eigenvalue weighted by Crippen LogP contribution is -2.27. The Bertz CT molecular complexity index is 1060. The van der Waals surface area contributed by atoms with Crippen LogP contribution in [0.25, 0.3) is 0 Å². The highest BCUT2D eigenvalue weighted by Crippen LogP contribution is 2.20. The number of carbonyl (C=O) groups excluding carboxylic acids is 2. The molecule has 0 bridgehead atoms. The fourth-order valence-electron chi connectivity index (χ4n) is 3.05. The largest absolute Gasteiger partial charge is 0.489 e. The van der Waals surface area contributed by atoms with Crippen LogP contribution >= 0.6 is 0 Å². The van der Waals surface area contributed by atoms with Crippen molar-refractivity contribution in [1.29, 1.82) is 0 Å². The number of rotatable bonds is 10. The second-order valence-electron chi connectivity index (χ2n) is 8.22. The molecule has 0 radical (unpaired) electrons. The molecule has 0 atom stereocenters. The number of ether oxygens (including phenoxy) is 2. The summed E-state index contributed by atoms with van der Waals surface area (Å²) in [5, 5.41) is 5.72. The molecule has 0 spiro atoms. The molecule has 3 aromatic rings. The van der Waals surface area contributed by atoms with Crippen LogP contribution in [0.2, 0.25) is 0 Å². The Kier molecular flexibility index (Phi) is 8.47. The highest BCUT2D eigenvalue weighted by atomic mass is 16.5. The monoisotopic (exact) mass is 446 g/mol. The third-order valence-corrected chi connectivity index (χ3v) is 4.88. The third-order valence-electron chi connectivity index (χ3n) is 4.88. The molecule has 3 aromatic carbocycles. The summed E-state index contributed by atoms with van der Waals surface area (Å²) >= 11 is 0. The van der Waals surface area contributed by atoms with Gasteiger partial charge in [0.05, 0.1) is 0 Å². The smallest absolute Gasteiger partial charge is 0.262 e. The lowest BCUT2D eigenvalue weighted by Gasteiger charge is -2.12. The highest BCUT2D eigenvalue weighted by molar-refractivity contribution is 5.96. The first-order chi connectivity index (χ1) is 15.9. The van der Waals surface area contributed by atoms with Gasteiger partial charge in [0.2, 0.25) is 0 Å². The molecule has 33 heavy (non-hydrogen) atoms. The first kappa shape index (κ1) is 23.9. The number of anilines is 1. The van der Waals surface area contributed by atoms with E-state index in [0.717, 1.165) is 16.9 Å². The molecule has 2 amide bonds. The first-order valence-electron chi connectivity index (χ1n) is 11.0. The standard InChI is InChI=1S/C27H30N2O4/c1-19(2)16-28-27(31)22-9-14-25(20(3)15-22)29-26(30)18-33-24-12-10-23(11-13-24)32-17-21-7-5-4-6-8-21/h4-15,19H,16-18H2,1-3H3,(H,28,31)(H,29,30). The molecule has 0 saturated heterocycles. The minimum Gasteiger partial charge on any atom is -0.489 e. The van der Waals surface area contributed by atoms with E-state index in [4.69, 9.17) is 9.47 Å². The number of nitrogens with one attached hydrogen (secondary N) is 2. The maximum Gasteiger partial charge on any atom is 0.262 e. The normalized spacial score (nSPS) is 10.5. The van der Waals surface area contributed by atoms with Gasteiger partial charge in [-0.3, -0.25) is 9.59 Å². The van der Waals surface area contributed by atoms with Crippen molar-refractivity contribution in [2.24, 2.45) is 5.92 Å². The van der Waals surface area contributed by atoms with Crippen LogP contribution in [-0.4, -0.2) is 25.0 Å². The molecule has 172 valence electrons. The summed E-state index contributed by atoms with van der Waals surface area (Å²) in [6, 6.07) is 22.3. The van der Waals surface area contributed by atoms with Crippen LogP contribution in [-0.2, 0) is 11.4 Å². The van der Waals surface area contributed by atoms with Crippen molar-refractivity contribution in [3.8, 4) is 11.5 Å². The quantitative estimate of drug-likeness (QED) is 0.461. The van der Waals surface area contributed by atoms with Gasteiger partial charge < -0.3 is 20.1 Å². The van der Waals surface area contributed by atoms with Crippen LogP contribution in [0.1, 0.15) is 35.3 Å². The Hall–Kier alpha value is -3.80. The Balaban J connectivity index is 1.46. The summed E-state index contributed by atoms with van der Waals surface area (Å²) in [4.78, 5) is 24.5. The van der Waals surface area contributed by atoms with Crippen molar-refractivity contribution in [2.75, 3.05) is 18.5 Å². The van der Waals surface area contributed by atoms with Crippen molar-refractivity contribution in [3.05, 3.63) is 89.5 Å². The predicted molar refractivity (Wildman–Crippen MR) is 130 cm³/mol. The zero-order valence-electron chi connectivity index (χ0n) is 19.3. The molecule has 2 N–H and O–H groups in total. The average Bonchev–Trinajstić information content (AvgIpc) is 2.82. The maximum absolute atomic E-state index is 12.3. The van der Waals surface area contributed by atoms with Gasteiger partial charge >= 0.3 is 0 Å². The molecule has 0 fully saturated rings. The predicted octanol–water partition coefficient (Wildman–Crippen LogP) is 4.98. The molecule has 0 aromatic heterocycles. The second-order valence-corrected chi connectivity index (χ2v) is 8.22. The number of hydrogen-bond donors (Lipinski definition) is 2. The Morgan fingerprint density at radius 3 is 2.18 bits per heavy atom. The van der Waals surface area contributed by atoms with Gasteiger partial charge in [-0.15, -0.1) is 0 Å². The summed E-state index contributed by atoms with van der Waals surface area (Å²) in [6.45, 7) is 6.92. The van der Waals surface area contributed by atoms with Crippen LogP contribution in [0.3, 0.4) is 0 Å². The summed E-state index contributed by atoms with van der Waals surface area (Å²) < 4.78 is 11.3. The van der Waals surface area contributed by atoms with Crippen molar-refractivity contribution in [2.45, 2.75) is 27.4 Å². The van der Waals surface area contributed by atoms with Gasteiger partial charge in [0, 0.05) is 17.8 Å². The summed E-state index contributed by atoms with van der Waals surface area (Å²) in [5.74, 6) is 1.28. The van der Waals surface area contributed by atoms with Gasteiger partial charge in [0.15, 0.2) is 6.61 Å². The third kappa shape index (κ3) is 7.68. The van der Waals surface area contributed by atoms with E-state index in [0.29, 0.717) is 36.1 Å². The van der Waals surface area contributed by atoms with Crippen molar-refractivity contribution in [3.63, 3.8) is 0 Å². The summed E-state index contributed by atoms with van der Waals surface area (Å²) in [5.41, 5.74) is 3.11. The van der Waals surface area contributed by atoms with Gasteiger partial charge in [0.1, 0.15) is 18.1 Å². The van der Waals surface area contributed by atoms with E-state index in [2.05, 4.69) is 10.6 Å². The molecule has 6 nitrogen and oxygen atoms in total. The van der Waals surface area contributed by atoms with Crippen LogP contribution < -0.4 is 20.1 Å². The minimum absolute atomic E-state index is 0.121. The van der Waals surface area contributed by atoms with E-state index >= 15 is 0 Å². The van der Waals surface area contributed by atoms with Gasteiger partial charge in [-0.1, -0.05) is 44.2 Å². The number of benzene rings is 3. The average molecular weight is 447 g/mol. The molecular formula is C27H30N2O4. The van der Waals surface area contributed by atoms with Crippen molar-refractivity contribution in [1.82, 2.24) is 5.32 Å². The number of carbonyl (C=O) groups is 2. The highest BCUT2D eigenvalue weighted by Gasteiger charge is 2.10. The SMILES string of the molecule is Cc1cc(C(=O)NCC(C)C)ccc1NC(=O)COc1ccc(OCc2ccccc2)cc1. The van der Waals surface area contributed by atoms with E-state index in [9.17, 15) is 9.59 Å². The number of amides is 2. The summed E-state index contributed by atoms with van der Waals surface area (Å²) in [6.07, 6.45) is 0. The van der Waals surface area contributed by atoms with Crippen LogP contribution in [0.15, 0.2) is 72.8 Å². The van der Waals surface area contributed by atoms with Crippen LogP contribution in [0.5, 0.6) is 11.5 Å². The van der Waals surface area contributed by atoms with Crippen molar-refractivity contribution >= 4 is 17.5 Å². The second kappa shape index (κ2) is 11.7. The van der Waals surface area contributed by atoms with Crippen molar-refractivity contribution < 1.29 is 19.1 Å². The van der Waals surface area contributed by atoms with E-state index in [1.54, 1.807) is 30.3 Å².